The minimum absolute atomic E-state index is 0.554. The first-order valence-electron chi connectivity index (χ1n) is 9.48. The first-order chi connectivity index (χ1) is 14.7. The van der Waals surface area contributed by atoms with Crippen LogP contribution in [0.4, 0.5) is 0 Å². The molecule has 0 atom stereocenters. The van der Waals surface area contributed by atoms with E-state index in [0.717, 1.165) is 39.4 Å². The summed E-state index contributed by atoms with van der Waals surface area (Å²) in [6.07, 6.45) is 3.58. The van der Waals surface area contributed by atoms with E-state index < -0.39 is 0 Å². The maximum Gasteiger partial charge on any atom is 0.123 e. The lowest BCUT2D eigenvalue weighted by molar-refractivity contribution is 0.414. The molecule has 0 bridgehead atoms. The number of ether oxygens (including phenoxy) is 2. The van der Waals surface area contributed by atoms with Gasteiger partial charge in [-0.2, -0.15) is 5.10 Å². The molecule has 0 fully saturated rings. The molecule has 4 rings (SSSR count). The molecule has 0 aliphatic rings. The SMILES string of the molecule is COc1ccc(-c2cc(=S)n(Cc3cccnc3)nc2-c2ccc(OC)cc2)cc1. The number of hydrogen-bond donors (Lipinski definition) is 0. The first-order valence-corrected chi connectivity index (χ1v) is 9.88. The third-order valence-electron chi connectivity index (χ3n) is 4.82. The van der Waals surface area contributed by atoms with Crippen LogP contribution < -0.4 is 9.47 Å². The summed E-state index contributed by atoms with van der Waals surface area (Å²) in [5.74, 6) is 1.60. The topological polar surface area (TPSA) is 49.2 Å². The van der Waals surface area contributed by atoms with Crippen LogP contribution in [-0.4, -0.2) is 29.0 Å². The quantitative estimate of drug-likeness (QED) is 0.394. The van der Waals surface area contributed by atoms with Crippen LogP contribution in [0.25, 0.3) is 22.4 Å². The lowest BCUT2D eigenvalue weighted by atomic mass is 10.00. The van der Waals surface area contributed by atoms with Crippen molar-refractivity contribution in [3.63, 3.8) is 0 Å². The van der Waals surface area contributed by atoms with E-state index in [0.29, 0.717) is 11.2 Å². The minimum atomic E-state index is 0.554. The van der Waals surface area contributed by atoms with Crippen LogP contribution in [0.1, 0.15) is 5.56 Å². The second kappa shape index (κ2) is 8.88. The van der Waals surface area contributed by atoms with E-state index in [4.69, 9.17) is 26.8 Å². The second-order valence-electron chi connectivity index (χ2n) is 6.72. The molecule has 0 N–H and O–H groups in total. The Kier molecular flexibility index (Phi) is 5.86. The number of pyridine rings is 1. The fraction of sp³-hybridized carbons (Fsp3) is 0.125. The van der Waals surface area contributed by atoms with Crippen LogP contribution in [0, 0.1) is 4.64 Å². The van der Waals surface area contributed by atoms with Crippen LogP contribution in [0.15, 0.2) is 79.1 Å². The molecule has 0 saturated heterocycles. The molecule has 0 saturated carbocycles. The van der Waals surface area contributed by atoms with Gasteiger partial charge in [-0.25, -0.2) is 4.68 Å². The van der Waals surface area contributed by atoms with Crippen molar-refractivity contribution in [2.45, 2.75) is 6.54 Å². The Hall–Kier alpha value is -3.51. The van der Waals surface area contributed by atoms with Gasteiger partial charge in [0.15, 0.2) is 0 Å². The van der Waals surface area contributed by atoms with Gasteiger partial charge in [-0.05, 0) is 59.7 Å². The normalized spacial score (nSPS) is 10.6. The zero-order valence-electron chi connectivity index (χ0n) is 16.8. The van der Waals surface area contributed by atoms with Crippen molar-refractivity contribution in [1.29, 1.82) is 0 Å². The zero-order chi connectivity index (χ0) is 20.9. The number of rotatable bonds is 6. The number of aromatic nitrogens is 3. The Morgan fingerprint density at radius 2 is 1.50 bits per heavy atom. The highest BCUT2D eigenvalue weighted by atomic mass is 32.1. The Labute approximate surface area is 180 Å². The van der Waals surface area contributed by atoms with E-state index in [1.165, 1.54) is 0 Å². The van der Waals surface area contributed by atoms with Gasteiger partial charge in [0.05, 0.1) is 26.5 Å². The number of hydrogen-bond acceptors (Lipinski definition) is 5. The third kappa shape index (κ3) is 4.23. The third-order valence-corrected chi connectivity index (χ3v) is 5.15. The summed E-state index contributed by atoms with van der Waals surface area (Å²) in [6.45, 7) is 0.554. The van der Waals surface area contributed by atoms with Gasteiger partial charge in [-0.15, -0.1) is 0 Å². The van der Waals surface area contributed by atoms with Gasteiger partial charge in [-0.1, -0.05) is 30.4 Å². The lowest BCUT2D eigenvalue weighted by Crippen LogP contribution is -2.09. The fourth-order valence-electron chi connectivity index (χ4n) is 3.22. The maximum absolute atomic E-state index is 5.67. The smallest absolute Gasteiger partial charge is 0.123 e. The van der Waals surface area contributed by atoms with Gasteiger partial charge in [-0.3, -0.25) is 4.98 Å². The van der Waals surface area contributed by atoms with E-state index in [1.54, 1.807) is 20.4 Å². The molecular formula is C24H21N3O2S. The molecule has 2 aromatic carbocycles. The van der Waals surface area contributed by atoms with Crippen molar-refractivity contribution in [2.24, 2.45) is 0 Å². The van der Waals surface area contributed by atoms with E-state index in [9.17, 15) is 0 Å². The molecule has 0 spiro atoms. The highest BCUT2D eigenvalue weighted by Gasteiger charge is 2.13. The Morgan fingerprint density at radius 1 is 0.867 bits per heavy atom. The van der Waals surface area contributed by atoms with E-state index in [-0.39, 0.29) is 0 Å². The van der Waals surface area contributed by atoms with Crippen molar-refractivity contribution in [3.05, 3.63) is 89.3 Å². The molecule has 0 unspecified atom stereocenters. The van der Waals surface area contributed by atoms with Gasteiger partial charge in [0, 0.05) is 23.5 Å². The fourth-order valence-corrected chi connectivity index (χ4v) is 3.44. The molecule has 5 nitrogen and oxygen atoms in total. The van der Waals surface area contributed by atoms with Gasteiger partial charge < -0.3 is 9.47 Å². The first kappa shape index (κ1) is 19.8. The monoisotopic (exact) mass is 415 g/mol. The van der Waals surface area contributed by atoms with Gasteiger partial charge in [0.25, 0.3) is 0 Å². The van der Waals surface area contributed by atoms with Crippen LogP contribution >= 0.6 is 12.2 Å². The van der Waals surface area contributed by atoms with Crippen molar-refractivity contribution in [2.75, 3.05) is 14.2 Å². The average molecular weight is 416 g/mol. The van der Waals surface area contributed by atoms with Crippen LogP contribution in [0.3, 0.4) is 0 Å². The van der Waals surface area contributed by atoms with E-state index in [1.807, 2.05) is 77.6 Å². The predicted octanol–water partition coefficient (Wildman–Crippen LogP) is 5.41. The summed E-state index contributed by atoms with van der Waals surface area (Å²) in [5, 5.41) is 4.92. The van der Waals surface area contributed by atoms with Crippen molar-refractivity contribution >= 4 is 12.2 Å². The van der Waals surface area contributed by atoms with Crippen LogP contribution in [0.5, 0.6) is 11.5 Å². The van der Waals surface area contributed by atoms with Crippen molar-refractivity contribution in [3.8, 4) is 33.9 Å². The second-order valence-corrected chi connectivity index (χ2v) is 7.14. The number of benzene rings is 2. The maximum atomic E-state index is 5.67. The van der Waals surface area contributed by atoms with Crippen molar-refractivity contribution < 1.29 is 9.47 Å². The number of nitrogens with zero attached hydrogens (tertiary/aromatic N) is 3. The summed E-state index contributed by atoms with van der Waals surface area (Å²) >= 11 is 5.67. The van der Waals surface area contributed by atoms with Gasteiger partial charge in [0.1, 0.15) is 16.1 Å². The largest absolute Gasteiger partial charge is 0.497 e. The summed E-state index contributed by atoms with van der Waals surface area (Å²) in [6, 6.07) is 21.7. The summed E-state index contributed by atoms with van der Waals surface area (Å²) in [7, 11) is 3.31. The zero-order valence-corrected chi connectivity index (χ0v) is 17.6. The Morgan fingerprint density at radius 3 is 2.07 bits per heavy atom. The Balaban J connectivity index is 1.85. The van der Waals surface area contributed by atoms with Gasteiger partial charge >= 0.3 is 0 Å². The molecule has 0 aliphatic heterocycles. The van der Waals surface area contributed by atoms with E-state index >= 15 is 0 Å². The average Bonchev–Trinajstić information content (AvgIpc) is 2.81. The molecule has 0 radical (unpaired) electrons. The van der Waals surface area contributed by atoms with Crippen LogP contribution in [0.2, 0.25) is 0 Å². The molecule has 6 heteroatoms. The highest BCUT2D eigenvalue weighted by molar-refractivity contribution is 7.71. The Bertz CT molecular complexity index is 1190. The molecule has 0 aliphatic carbocycles. The van der Waals surface area contributed by atoms with Gasteiger partial charge in [0.2, 0.25) is 0 Å². The van der Waals surface area contributed by atoms with Crippen LogP contribution in [-0.2, 0) is 6.54 Å². The summed E-state index contributed by atoms with van der Waals surface area (Å²) < 4.78 is 13.1. The molecular weight excluding hydrogens is 394 g/mol. The number of methoxy groups -OCH3 is 2. The summed E-state index contributed by atoms with van der Waals surface area (Å²) in [4.78, 5) is 4.19. The van der Waals surface area contributed by atoms with E-state index in [2.05, 4.69) is 4.98 Å². The molecule has 2 heterocycles. The highest BCUT2D eigenvalue weighted by Crippen LogP contribution is 2.32. The standard InChI is InChI=1S/C24H21N3O2S/c1-28-20-9-5-18(6-10-20)22-14-23(30)27(16-17-4-3-13-25-15-17)26-24(22)19-7-11-21(29-2)12-8-19/h3-15H,16H2,1-2H3. The lowest BCUT2D eigenvalue weighted by Gasteiger charge is -2.14. The molecule has 30 heavy (non-hydrogen) atoms. The molecule has 0 amide bonds. The minimum Gasteiger partial charge on any atom is -0.497 e. The predicted molar refractivity (Wildman–Crippen MR) is 120 cm³/mol. The summed E-state index contributed by atoms with van der Waals surface area (Å²) in [5.41, 5.74) is 4.86. The molecule has 4 aromatic rings. The van der Waals surface area contributed by atoms with Crippen molar-refractivity contribution in [1.82, 2.24) is 14.8 Å². The molecule has 150 valence electrons. The molecule has 2 aromatic heterocycles.